The lowest BCUT2D eigenvalue weighted by Crippen LogP contribution is -2.75. The van der Waals surface area contributed by atoms with Crippen molar-refractivity contribution in [3.8, 4) is 0 Å². The third kappa shape index (κ3) is 1.33. The van der Waals surface area contributed by atoms with Crippen LogP contribution in [0.2, 0.25) is 0 Å². The maximum absolute atomic E-state index is 12.9. The summed E-state index contributed by atoms with van der Waals surface area (Å²) >= 11 is 0. The van der Waals surface area contributed by atoms with Crippen LogP contribution in [-0.4, -0.2) is 50.1 Å². The average molecular weight is 286 g/mol. The molecule has 7 nitrogen and oxygen atoms in total. The highest BCUT2D eigenvalue weighted by atomic mass is 17.3. The van der Waals surface area contributed by atoms with E-state index in [1.165, 1.54) is 0 Å². The zero-order chi connectivity index (χ0) is 14.1. The largest absolute Gasteiger partial charge is 0.357 e. The van der Waals surface area contributed by atoms with Gasteiger partial charge >= 0.3 is 0 Å². The number of rotatable bonds is 1. The van der Waals surface area contributed by atoms with Crippen LogP contribution in [0.1, 0.15) is 20.3 Å². The van der Waals surface area contributed by atoms with E-state index >= 15 is 0 Å². The monoisotopic (exact) mass is 286 g/mol. The van der Waals surface area contributed by atoms with Crippen LogP contribution in [0.25, 0.3) is 0 Å². The molecule has 0 aliphatic carbocycles. The smallest absolute Gasteiger partial charge is 0.226 e. The third-order valence-electron chi connectivity index (χ3n) is 5.20. The number of ether oxygens (including phenoxy) is 4. The van der Waals surface area contributed by atoms with E-state index in [9.17, 15) is 4.79 Å². The van der Waals surface area contributed by atoms with Crippen molar-refractivity contribution in [3.05, 3.63) is 0 Å². The molecule has 0 saturated carbocycles. The van der Waals surface area contributed by atoms with E-state index < -0.39 is 36.0 Å². The Labute approximate surface area is 116 Å². The Hall–Kier alpha value is -0.570. The number of ketones is 1. The van der Waals surface area contributed by atoms with Crippen molar-refractivity contribution in [1.29, 1.82) is 0 Å². The quantitative estimate of drug-likeness (QED) is 0.645. The predicted octanol–water partition coefficient (Wildman–Crippen LogP) is 0.372. The van der Waals surface area contributed by atoms with Gasteiger partial charge in [0.2, 0.25) is 12.6 Å². The van der Waals surface area contributed by atoms with Gasteiger partial charge in [-0.1, -0.05) is 6.92 Å². The fraction of sp³-hybridized carbons (Fsp3) is 0.923. The second kappa shape index (κ2) is 4.00. The summed E-state index contributed by atoms with van der Waals surface area (Å²) in [5.74, 6) is -0.192. The molecular weight excluding hydrogens is 268 g/mol. The molecule has 0 N–H and O–H groups in total. The molecule has 20 heavy (non-hydrogen) atoms. The van der Waals surface area contributed by atoms with Gasteiger partial charge in [0.25, 0.3) is 0 Å². The molecule has 2 unspecified atom stereocenters. The van der Waals surface area contributed by atoms with Gasteiger partial charge in [-0.25, -0.2) is 0 Å². The van der Waals surface area contributed by atoms with Crippen LogP contribution < -0.4 is 0 Å². The molecule has 0 amide bonds. The molecule has 1 spiro atoms. The zero-order valence-electron chi connectivity index (χ0n) is 11.7. The lowest BCUT2D eigenvalue weighted by molar-refractivity contribution is -0.376. The average Bonchev–Trinajstić information content (AvgIpc) is 2.89. The van der Waals surface area contributed by atoms with Crippen LogP contribution in [0.5, 0.6) is 0 Å². The van der Waals surface area contributed by atoms with Crippen LogP contribution in [0.4, 0.5) is 0 Å². The summed E-state index contributed by atoms with van der Waals surface area (Å²) in [6.07, 6.45) is -1.87. The summed E-state index contributed by atoms with van der Waals surface area (Å²) < 4.78 is 22.9. The van der Waals surface area contributed by atoms with Crippen molar-refractivity contribution in [3.63, 3.8) is 0 Å². The van der Waals surface area contributed by atoms with Crippen LogP contribution >= 0.6 is 0 Å². The minimum absolute atomic E-state index is 0.131. The van der Waals surface area contributed by atoms with Gasteiger partial charge in [0.05, 0.1) is 12.0 Å². The zero-order valence-corrected chi connectivity index (χ0v) is 11.7. The molecule has 4 aliphatic heterocycles. The van der Waals surface area contributed by atoms with Crippen molar-refractivity contribution in [2.75, 3.05) is 13.7 Å². The standard InChI is InChI=1S/C13H18O7/c1-6-8-10-17-11(20-19-10)13(18-8)5-16-7(15-3)4-12(13,2)9(6)14/h6-8,10-11H,4-5H2,1-3H3/t6-,7-,8-,10?,11?,12+,13-/m0/s1. The Kier molecular flexibility index (Phi) is 2.62. The lowest BCUT2D eigenvalue weighted by atomic mass is 9.60. The summed E-state index contributed by atoms with van der Waals surface area (Å²) in [6.45, 7) is 3.89. The van der Waals surface area contributed by atoms with E-state index in [-0.39, 0.29) is 18.3 Å². The highest BCUT2D eigenvalue weighted by Gasteiger charge is 2.73. The molecule has 4 saturated heterocycles. The molecule has 4 heterocycles. The van der Waals surface area contributed by atoms with Gasteiger partial charge in [-0.05, 0) is 6.92 Å². The SMILES string of the molecule is CO[C@@H]1C[C@]2(C)C(=O)[C@@H](C)[C@@H]3O[C@@]2(CO1)C1OOC3O1. The van der Waals surface area contributed by atoms with Gasteiger partial charge in [-0.3, -0.25) is 4.79 Å². The molecule has 4 bridgehead atoms. The summed E-state index contributed by atoms with van der Waals surface area (Å²) in [5, 5.41) is 0. The molecule has 112 valence electrons. The van der Waals surface area contributed by atoms with E-state index in [0.29, 0.717) is 6.42 Å². The van der Waals surface area contributed by atoms with E-state index in [4.69, 9.17) is 28.7 Å². The maximum Gasteiger partial charge on any atom is 0.226 e. The fourth-order valence-corrected chi connectivity index (χ4v) is 3.83. The topological polar surface area (TPSA) is 72.5 Å². The number of hydrogen-bond acceptors (Lipinski definition) is 7. The molecule has 0 aromatic carbocycles. The summed E-state index contributed by atoms with van der Waals surface area (Å²) in [6, 6.07) is 0. The van der Waals surface area contributed by atoms with Crippen LogP contribution in [-0.2, 0) is 33.5 Å². The van der Waals surface area contributed by atoms with Crippen molar-refractivity contribution in [2.24, 2.45) is 11.3 Å². The first-order valence-electron chi connectivity index (χ1n) is 6.86. The van der Waals surface area contributed by atoms with Gasteiger partial charge in [-0.2, -0.15) is 9.78 Å². The summed E-state index contributed by atoms with van der Waals surface area (Å²) in [4.78, 5) is 23.3. The molecule has 4 rings (SSSR count). The van der Waals surface area contributed by atoms with Gasteiger partial charge in [0, 0.05) is 19.4 Å². The Morgan fingerprint density at radius 1 is 1.35 bits per heavy atom. The van der Waals surface area contributed by atoms with Gasteiger partial charge in [-0.15, -0.1) is 0 Å². The highest BCUT2D eigenvalue weighted by Crippen LogP contribution is 2.57. The van der Waals surface area contributed by atoms with E-state index in [1.54, 1.807) is 7.11 Å². The Morgan fingerprint density at radius 2 is 2.15 bits per heavy atom. The van der Waals surface area contributed by atoms with Crippen molar-refractivity contribution in [1.82, 2.24) is 0 Å². The van der Waals surface area contributed by atoms with Gasteiger partial charge in [0.1, 0.15) is 11.9 Å². The van der Waals surface area contributed by atoms with Gasteiger partial charge < -0.3 is 18.9 Å². The predicted molar refractivity (Wildman–Crippen MR) is 62.1 cm³/mol. The number of carbonyl (C=O) groups excluding carboxylic acids is 1. The molecule has 7 heteroatoms. The molecule has 0 aromatic rings. The van der Waals surface area contributed by atoms with E-state index in [1.807, 2.05) is 13.8 Å². The fourth-order valence-electron chi connectivity index (χ4n) is 3.83. The van der Waals surface area contributed by atoms with Crippen molar-refractivity contribution >= 4 is 5.78 Å². The Bertz CT molecular complexity index is 454. The number of hydrogen-bond donors (Lipinski definition) is 0. The van der Waals surface area contributed by atoms with E-state index in [2.05, 4.69) is 0 Å². The Morgan fingerprint density at radius 3 is 2.90 bits per heavy atom. The number of Topliss-reactive ketones (excluding diaryl/α,β-unsaturated/α-hetero) is 1. The second-order valence-corrected chi connectivity index (χ2v) is 6.17. The first kappa shape index (κ1) is 13.1. The molecular formula is C13H18O7. The molecule has 0 aromatic heterocycles. The van der Waals surface area contributed by atoms with Crippen molar-refractivity contribution in [2.45, 2.75) is 50.8 Å². The number of fused-ring (bicyclic) bond motifs is 4. The minimum Gasteiger partial charge on any atom is -0.357 e. The summed E-state index contributed by atoms with van der Waals surface area (Å²) in [7, 11) is 1.56. The molecule has 0 radical (unpaired) electrons. The van der Waals surface area contributed by atoms with Crippen molar-refractivity contribution < 1.29 is 33.5 Å². The normalized spacial score (nSPS) is 57.5. The summed E-state index contributed by atoms with van der Waals surface area (Å²) in [5.41, 5.74) is -1.76. The third-order valence-corrected chi connectivity index (χ3v) is 5.20. The first-order valence-corrected chi connectivity index (χ1v) is 6.86. The Balaban J connectivity index is 1.81. The highest BCUT2D eigenvalue weighted by molar-refractivity contribution is 5.89. The number of methoxy groups -OCH3 is 1. The molecule has 4 fully saturated rings. The van der Waals surface area contributed by atoms with Gasteiger partial charge in [0.15, 0.2) is 11.9 Å². The van der Waals surface area contributed by atoms with Crippen LogP contribution in [0, 0.1) is 11.3 Å². The first-order chi connectivity index (χ1) is 9.52. The lowest BCUT2D eigenvalue weighted by Gasteiger charge is -2.59. The number of carbonyl (C=O) groups is 1. The molecule has 7 atom stereocenters. The maximum atomic E-state index is 12.9. The minimum atomic E-state index is -0.969. The van der Waals surface area contributed by atoms with Crippen LogP contribution in [0.15, 0.2) is 0 Å². The molecule has 4 aliphatic rings. The van der Waals surface area contributed by atoms with E-state index in [0.717, 1.165) is 0 Å². The van der Waals surface area contributed by atoms with Crippen LogP contribution in [0.3, 0.4) is 0 Å². The second-order valence-electron chi connectivity index (χ2n) is 6.17.